The maximum absolute atomic E-state index is 3.65. The van der Waals surface area contributed by atoms with Crippen molar-refractivity contribution in [3.05, 3.63) is 60.3 Å². The van der Waals surface area contributed by atoms with E-state index in [0.29, 0.717) is 0 Å². The molecule has 0 saturated heterocycles. The quantitative estimate of drug-likeness (QED) is 0.560. The SMILES string of the molecule is C=C\C=C/C(/C=C\C)=C(C)/C=C\C. The van der Waals surface area contributed by atoms with Crippen molar-refractivity contribution in [1.82, 2.24) is 0 Å². The zero-order valence-electron chi connectivity index (χ0n) is 8.75. The van der Waals surface area contributed by atoms with Crippen LogP contribution < -0.4 is 0 Å². The van der Waals surface area contributed by atoms with E-state index in [1.54, 1.807) is 6.08 Å². The Balaban J connectivity index is 4.86. The maximum Gasteiger partial charge on any atom is -0.0231 e. The van der Waals surface area contributed by atoms with Gasteiger partial charge in [0.05, 0.1) is 0 Å². The average molecular weight is 174 g/mol. The summed E-state index contributed by atoms with van der Waals surface area (Å²) in [6, 6.07) is 0. The van der Waals surface area contributed by atoms with Gasteiger partial charge in [-0.05, 0) is 31.9 Å². The van der Waals surface area contributed by atoms with Crippen LogP contribution in [0, 0.1) is 0 Å². The van der Waals surface area contributed by atoms with Crippen molar-refractivity contribution >= 4 is 0 Å². The zero-order valence-corrected chi connectivity index (χ0v) is 8.75. The monoisotopic (exact) mass is 174 g/mol. The lowest BCUT2D eigenvalue weighted by Gasteiger charge is -1.97. The summed E-state index contributed by atoms with van der Waals surface area (Å²) in [4.78, 5) is 0. The molecule has 70 valence electrons. The molecule has 0 N–H and O–H groups in total. The molecule has 13 heavy (non-hydrogen) atoms. The van der Waals surface area contributed by atoms with Crippen molar-refractivity contribution < 1.29 is 0 Å². The third-order valence-corrected chi connectivity index (χ3v) is 1.63. The molecule has 0 aromatic rings. The summed E-state index contributed by atoms with van der Waals surface area (Å²) in [7, 11) is 0. The molecule has 0 heterocycles. The molecule has 0 aromatic carbocycles. The summed E-state index contributed by atoms with van der Waals surface area (Å²) in [5, 5.41) is 0. The molecule has 0 saturated carbocycles. The second kappa shape index (κ2) is 7.35. The molecule has 0 spiro atoms. The normalized spacial score (nSPS) is 14.4. The Hall–Kier alpha value is -1.30. The van der Waals surface area contributed by atoms with E-state index < -0.39 is 0 Å². The third kappa shape index (κ3) is 5.02. The Kier molecular flexibility index (Phi) is 6.62. The smallest absolute Gasteiger partial charge is 0.0231 e. The molecule has 0 bridgehead atoms. The van der Waals surface area contributed by atoms with Gasteiger partial charge in [-0.25, -0.2) is 0 Å². The molecule has 0 heteroatoms. The zero-order chi connectivity index (χ0) is 10.1. The van der Waals surface area contributed by atoms with Crippen molar-refractivity contribution in [3.63, 3.8) is 0 Å². The molecule has 0 aliphatic heterocycles. The van der Waals surface area contributed by atoms with Crippen LogP contribution in [0.2, 0.25) is 0 Å². The minimum Gasteiger partial charge on any atom is -0.0991 e. The predicted octanol–water partition coefficient (Wildman–Crippen LogP) is 4.20. The standard InChI is InChI=1S/C13H18/c1-5-8-11-13(10-7-3)12(4)9-6-2/h5-11H,1H2,2-4H3/b9-6-,10-7-,11-8-,13-12+. The van der Waals surface area contributed by atoms with Crippen LogP contribution in [0.1, 0.15) is 20.8 Å². The first-order valence-electron chi connectivity index (χ1n) is 4.51. The van der Waals surface area contributed by atoms with Gasteiger partial charge < -0.3 is 0 Å². The predicted molar refractivity (Wildman–Crippen MR) is 61.7 cm³/mol. The molecular weight excluding hydrogens is 156 g/mol. The Morgan fingerprint density at radius 2 is 1.62 bits per heavy atom. The van der Waals surface area contributed by atoms with Gasteiger partial charge >= 0.3 is 0 Å². The Labute approximate surface area is 81.7 Å². The highest BCUT2D eigenvalue weighted by Gasteiger charge is 1.89. The van der Waals surface area contributed by atoms with Gasteiger partial charge in [-0.3, -0.25) is 0 Å². The number of rotatable bonds is 4. The van der Waals surface area contributed by atoms with Gasteiger partial charge in [0.1, 0.15) is 0 Å². The van der Waals surface area contributed by atoms with E-state index in [1.165, 1.54) is 11.1 Å². The summed E-state index contributed by atoms with van der Waals surface area (Å²) >= 11 is 0. The van der Waals surface area contributed by atoms with Crippen LogP contribution in [0.4, 0.5) is 0 Å². The maximum atomic E-state index is 3.65. The Morgan fingerprint density at radius 1 is 1.00 bits per heavy atom. The highest BCUT2D eigenvalue weighted by atomic mass is 13.9. The minimum atomic E-state index is 1.22. The second-order valence-electron chi connectivity index (χ2n) is 2.73. The number of hydrogen-bond donors (Lipinski definition) is 0. The molecule has 0 nitrogen and oxygen atoms in total. The summed E-state index contributed by atoms with van der Waals surface area (Å²) < 4.78 is 0. The topological polar surface area (TPSA) is 0 Å². The molecule has 0 unspecified atom stereocenters. The molecule has 0 amide bonds. The van der Waals surface area contributed by atoms with Gasteiger partial charge in [-0.1, -0.05) is 49.1 Å². The minimum absolute atomic E-state index is 1.22. The second-order valence-corrected chi connectivity index (χ2v) is 2.73. The number of allylic oxidation sites excluding steroid dienone is 9. The van der Waals surface area contributed by atoms with E-state index in [4.69, 9.17) is 0 Å². The van der Waals surface area contributed by atoms with Crippen molar-refractivity contribution in [2.45, 2.75) is 20.8 Å². The summed E-state index contributed by atoms with van der Waals surface area (Å²) in [6.45, 7) is 9.79. The van der Waals surface area contributed by atoms with Gasteiger partial charge in [0.25, 0.3) is 0 Å². The summed E-state index contributed by atoms with van der Waals surface area (Å²) in [5.41, 5.74) is 2.49. The molecule has 0 aliphatic carbocycles. The third-order valence-electron chi connectivity index (χ3n) is 1.63. The summed E-state index contributed by atoms with van der Waals surface area (Å²) in [6.07, 6.45) is 14.1. The Morgan fingerprint density at radius 3 is 2.08 bits per heavy atom. The van der Waals surface area contributed by atoms with Gasteiger partial charge in [0.15, 0.2) is 0 Å². The van der Waals surface area contributed by atoms with E-state index in [9.17, 15) is 0 Å². The average Bonchev–Trinajstić information content (AvgIpc) is 2.12. The van der Waals surface area contributed by atoms with Crippen LogP contribution in [-0.2, 0) is 0 Å². The van der Waals surface area contributed by atoms with E-state index in [1.807, 2.05) is 32.1 Å². The molecule has 0 atom stereocenters. The molecule has 0 fully saturated rings. The van der Waals surface area contributed by atoms with Gasteiger partial charge in [-0.15, -0.1) is 0 Å². The van der Waals surface area contributed by atoms with Crippen LogP contribution in [0.15, 0.2) is 60.3 Å². The first-order valence-corrected chi connectivity index (χ1v) is 4.51. The van der Waals surface area contributed by atoms with Crippen molar-refractivity contribution in [2.75, 3.05) is 0 Å². The highest BCUT2D eigenvalue weighted by molar-refractivity contribution is 5.40. The Bertz CT molecular complexity index is 260. The first-order chi connectivity index (χ1) is 6.26. The lowest BCUT2D eigenvalue weighted by atomic mass is 10.1. The van der Waals surface area contributed by atoms with E-state index in [0.717, 1.165) is 0 Å². The van der Waals surface area contributed by atoms with Crippen molar-refractivity contribution in [3.8, 4) is 0 Å². The fourth-order valence-electron chi connectivity index (χ4n) is 1.02. The molecule has 0 rings (SSSR count). The highest BCUT2D eigenvalue weighted by Crippen LogP contribution is 2.09. The van der Waals surface area contributed by atoms with Crippen LogP contribution in [0.5, 0.6) is 0 Å². The van der Waals surface area contributed by atoms with Crippen LogP contribution in [0.3, 0.4) is 0 Å². The lowest BCUT2D eigenvalue weighted by Crippen LogP contribution is -1.77. The first kappa shape index (κ1) is 11.7. The summed E-state index contributed by atoms with van der Waals surface area (Å²) in [5.74, 6) is 0. The fraction of sp³-hybridized carbons (Fsp3) is 0.231. The van der Waals surface area contributed by atoms with Gasteiger partial charge in [0.2, 0.25) is 0 Å². The van der Waals surface area contributed by atoms with Crippen molar-refractivity contribution in [1.29, 1.82) is 0 Å². The lowest BCUT2D eigenvalue weighted by molar-refractivity contribution is 1.43. The largest absolute Gasteiger partial charge is 0.0991 e. The fourth-order valence-corrected chi connectivity index (χ4v) is 1.02. The molecule has 0 radical (unpaired) electrons. The number of hydrogen-bond acceptors (Lipinski definition) is 0. The molecular formula is C13H18. The van der Waals surface area contributed by atoms with Crippen LogP contribution in [-0.4, -0.2) is 0 Å². The molecule has 0 aromatic heterocycles. The molecule has 0 aliphatic rings. The van der Waals surface area contributed by atoms with E-state index in [-0.39, 0.29) is 0 Å². The van der Waals surface area contributed by atoms with Crippen molar-refractivity contribution in [2.24, 2.45) is 0 Å². The van der Waals surface area contributed by atoms with Crippen LogP contribution in [0.25, 0.3) is 0 Å². The van der Waals surface area contributed by atoms with Crippen LogP contribution >= 0.6 is 0 Å². The van der Waals surface area contributed by atoms with Gasteiger partial charge in [0, 0.05) is 0 Å². The van der Waals surface area contributed by atoms with E-state index in [2.05, 4.69) is 31.7 Å². The van der Waals surface area contributed by atoms with Gasteiger partial charge in [-0.2, -0.15) is 0 Å². The van der Waals surface area contributed by atoms with E-state index >= 15 is 0 Å².